The SMILES string of the molecule is CN=C(NCc1ccccc1Cn1cccn1)NCC(c1cccc(F)c1)N(C)C. The number of benzene rings is 2. The molecule has 0 aliphatic carbocycles. The molecule has 3 rings (SSSR count). The van der Waals surface area contributed by atoms with E-state index >= 15 is 0 Å². The van der Waals surface area contributed by atoms with Crippen molar-refractivity contribution in [2.75, 3.05) is 27.7 Å². The predicted octanol–water partition coefficient (Wildman–Crippen LogP) is 3.04. The summed E-state index contributed by atoms with van der Waals surface area (Å²) in [5, 5.41) is 11.0. The van der Waals surface area contributed by atoms with E-state index in [1.54, 1.807) is 25.4 Å². The predicted molar refractivity (Wildman–Crippen MR) is 119 cm³/mol. The van der Waals surface area contributed by atoms with Gasteiger partial charge in [0.2, 0.25) is 0 Å². The van der Waals surface area contributed by atoms with Gasteiger partial charge in [-0.15, -0.1) is 0 Å². The summed E-state index contributed by atoms with van der Waals surface area (Å²) < 4.78 is 15.6. The van der Waals surface area contributed by atoms with Crippen LogP contribution in [0.2, 0.25) is 0 Å². The van der Waals surface area contributed by atoms with Gasteiger partial charge in [0.25, 0.3) is 0 Å². The highest BCUT2D eigenvalue weighted by Gasteiger charge is 2.15. The summed E-state index contributed by atoms with van der Waals surface area (Å²) in [6, 6.07) is 17.0. The van der Waals surface area contributed by atoms with Gasteiger partial charge in [-0.1, -0.05) is 36.4 Å². The maximum atomic E-state index is 13.7. The lowest BCUT2D eigenvalue weighted by Crippen LogP contribution is -2.41. The zero-order valence-electron chi connectivity index (χ0n) is 17.7. The highest BCUT2D eigenvalue weighted by atomic mass is 19.1. The van der Waals surface area contributed by atoms with Crippen LogP contribution in [0.15, 0.2) is 72.0 Å². The van der Waals surface area contributed by atoms with Crippen LogP contribution in [0.25, 0.3) is 0 Å². The van der Waals surface area contributed by atoms with E-state index in [1.165, 1.54) is 17.2 Å². The average molecular weight is 409 g/mol. The van der Waals surface area contributed by atoms with Gasteiger partial charge in [0.1, 0.15) is 5.82 Å². The summed E-state index contributed by atoms with van der Waals surface area (Å²) in [6.45, 7) is 1.97. The van der Waals surface area contributed by atoms with Crippen LogP contribution >= 0.6 is 0 Å². The minimum atomic E-state index is -0.226. The van der Waals surface area contributed by atoms with Crippen LogP contribution in [-0.2, 0) is 13.1 Å². The average Bonchev–Trinajstić information content (AvgIpc) is 3.24. The van der Waals surface area contributed by atoms with Gasteiger partial charge in [-0.3, -0.25) is 9.67 Å². The third kappa shape index (κ3) is 5.90. The number of aliphatic imine (C=N–C) groups is 1. The number of rotatable bonds is 8. The fraction of sp³-hybridized carbons (Fsp3) is 0.304. The molecule has 0 amide bonds. The van der Waals surface area contributed by atoms with E-state index in [0.717, 1.165) is 12.1 Å². The Balaban J connectivity index is 1.61. The van der Waals surface area contributed by atoms with Crippen molar-refractivity contribution in [2.24, 2.45) is 4.99 Å². The minimum Gasteiger partial charge on any atom is -0.354 e. The van der Waals surface area contributed by atoms with Crippen LogP contribution in [0.4, 0.5) is 4.39 Å². The molecule has 0 saturated carbocycles. The number of hydrogen-bond acceptors (Lipinski definition) is 3. The Morgan fingerprint density at radius 3 is 2.57 bits per heavy atom. The summed E-state index contributed by atoms with van der Waals surface area (Å²) >= 11 is 0. The largest absolute Gasteiger partial charge is 0.354 e. The molecule has 0 aliphatic heterocycles. The first-order chi connectivity index (χ1) is 14.6. The summed E-state index contributed by atoms with van der Waals surface area (Å²) in [6.07, 6.45) is 3.74. The van der Waals surface area contributed by atoms with Crippen molar-refractivity contribution < 1.29 is 4.39 Å². The Morgan fingerprint density at radius 2 is 1.90 bits per heavy atom. The highest BCUT2D eigenvalue weighted by Crippen LogP contribution is 2.18. The van der Waals surface area contributed by atoms with Gasteiger partial charge >= 0.3 is 0 Å². The van der Waals surface area contributed by atoms with E-state index in [1.807, 2.05) is 49.2 Å². The van der Waals surface area contributed by atoms with Crippen molar-refractivity contribution in [3.05, 3.63) is 89.5 Å². The van der Waals surface area contributed by atoms with Gasteiger partial charge < -0.3 is 15.5 Å². The molecule has 0 aliphatic rings. The van der Waals surface area contributed by atoms with Crippen LogP contribution < -0.4 is 10.6 Å². The first-order valence-corrected chi connectivity index (χ1v) is 9.97. The molecule has 1 atom stereocenters. The van der Waals surface area contributed by atoms with E-state index in [0.29, 0.717) is 19.0 Å². The van der Waals surface area contributed by atoms with Gasteiger partial charge in [0.05, 0.1) is 12.6 Å². The number of hydrogen-bond donors (Lipinski definition) is 2. The third-order valence-corrected chi connectivity index (χ3v) is 5.00. The summed E-state index contributed by atoms with van der Waals surface area (Å²) in [7, 11) is 5.72. The molecule has 7 heteroatoms. The summed E-state index contributed by atoms with van der Waals surface area (Å²) in [5.41, 5.74) is 3.31. The van der Waals surface area contributed by atoms with Crippen LogP contribution in [0.5, 0.6) is 0 Å². The lowest BCUT2D eigenvalue weighted by Gasteiger charge is -2.26. The summed E-state index contributed by atoms with van der Waals surface area (Å²) in [5.74, 6) is 0.475. The molecule has 3 aromatic rings. The Kier molecular flexibility index (Phi) is 7.57. The quantitative estimate of drug-likeness (QED) is 0.444. The van der Waals surface area contributed by atoms with Gasteiger partial charge in [-0.25, -0.2) is 4.39 Å². The second-order valence-electron chi connectivity index (χ2n) is 7.31. The molecule has 30 heavy (non-hydrogen) atoms. The zero-order valence-corrected chi connectivity index (χ0v) is 17.7. The van der Waals surface area contributed by atoms with E-state index in [2.05, 4.69) is 37.8 Å². The van der Waals surface area contributed by atoms with Crippen molar-refractivity contribution in [1.82, 2.24) is 25.3 Å². The molecule has 158 valence electrons. The lowest BCUT2D eigenvalue weighted by molar-refractivity contribution is 0.297. The molecule has 1 unspecified atom stereocenters. The smallest absolute Gasteiger partial charge is 0.191 e. The van der Waals surface area contributed by atoms with Crippen molar-refractivity contribution in [2.45, 2.75) is 19.1 Å². The first-order valence-electron chi connectivity index (χ1n) is 9.97. The number of likely N-dealkylation sites (N-methyl/N-ethyl adjacent to an activating group) is 1. The van der Waals surface area contributed by atoms with E-state index in [-0.39, 0.29) is 11.9 Å². The topological polar surface area (TPSA) is 57.5 Å². The van der Waals surface area contributed by atoms with Crippen molar-refractivity contribution in [1.29, 1.82) is 0 Å². The molecule has 2 aromatic carbocycles. The maximum Gasteiger partial charge on any atom is 0.191 e. The monoisotopic (exact) mass is 408 g/mol. The minimum absolute atomic E-state index is 0.0198. The molecule has 0 fully saturated rings. The molecule has 1 aromatic heterocycles. The fourth-order valence-corrected chi connectivity index (χ4v) is 3.36. The second-order valence-corrected chi connectivity index (χ2v) is 7.31. The molecular formula is C23H29FN6. The Hall–Kier alpha value is -3.19. The van der Waals surface area contributed by atoms with Gasteiger partial charge in [0, 0.05) is 32.5 Å². The lowest BCUT2D eigenvalue weighted by atomic mass is 10.1. The number of aromatic nitrogens is 2. The third-order valence-electron chi connectivity index (χ3n) is 5.00. The number of guanidine groups is 1. The van der Waals surface area contributed by atoms with Crippen LogP contribution in [0.1, 0.15) is 22.7 Å². The molecule has 6 nitrogen and oxygen atoms in total. The Labute approximate surface area is 177 Å². The van der Waals surface area contributed by atoms with E-state index in [9.17, 15) is 4.39 Å². The molecule has 0 spiro atoms. The van der Waals surface area contributed by atoms with Gasteiger partial charge in [-0.05, 0) is 49.0 Å². The molecule has 0 bridgehead atoms. The van der Waals surface area contributed by atoms with Crippen LogP contribution in [0.3, 0.4) is 0 Å². The van der Waals surface area contributed by atoms with Gasteiger partial charge in [0.15, 0.2) is 5.96 Å². The van der Waals surface area contributed by atoms with Crippen LogP contribution in [-0.4, -0.2) is 48.3 Å². The Morgan fingerprint density at radius 1 is 1.10 bits per heavy atom. The molecular weight excluding hydrogens is 379 g/mol. The normalized spacial score (nSPS) is 12.8. The molecule has 0 radical (unpaired) electrons. The van der Waals surface area contributed by atoms with Crippen molar-refractivity contribution in [3.8, 4) is 0 Å². The number of nitrogens with zero attached hydrogens (tertiary/aromatic N) is 4. The van der Waals surface area contributed by atoms with Crippen molar-refractivity contribution in [3.63, 3.8) is 0 Å². The molecule has 2 N–H and O–H groups in total. The standard InChI is InChI=1S/C23H29FN6/c1-25-23(27-16-22(29(2)3)18-10-6-11-21(24)14-18)26-15-19-8-4-5-9-20(19)17-30-13-7-12-28-30/h4-14,22H,15-17H2,1-3H3,(H2,25,26,27). The number of nitrogens with one attached hydrogen (secondary N) is 2. The van der Waals surface area contributed by atoms with E-state index in [4.69, 9.17) is 0 Å². The zero-order chi connectivity index (χ0) is 21.3. The van der Waals surface area contributed by atoms with Crippen LogP contribution in [0, 0.1) is 5.82 Å². The summed E-state index contributed by atoms with van der Waals surface area (Å²) in [4.78, 5) is 6.40. The second kappa shape index (κ2) is 10.5. The number of halogens is 1. The van der Waals surface area contributed by atoms with Crippen molar-refractivity contribution >= 4 is 5.96 Å². The van der Waals surface area contributed by atoms with E-state index < -0.39 is 0 Å². The fourth-order valence-electron chi connectivity index (χ4n) is 3.36. The van der Waals surface area contributed by atoms with Gasteiger partial charge in [-0.2, -0.15) is 5.10 Å². The first kappa shape index (κ1) is 21.5. The Bertz CT molecular complexity index is 952. The molecule has 0 saturated heterocycles. The molecule has 1 heterocycles. The highest BCUT2D eigenvalue weighted by molar-refractivity contribution is 5.79. The maximum absolute atomic E-state index is 13.7.